The Morgan fingerprint density at radius 2 is 2.03 bits per heavy atom. The highest BCUT2D eigenvalue weighted by molar-refractivity contribution is 6.03. The molecule has 0 bridgehead atoms. The van der Waals surface area contributed by atoms with Gasteiger partial charge in [-0.3, -0.25) is 9.13 Å². The number of para-hydroxylation sites is 1. The zero-order valence-electron chi connectivity index (χ0n) is 20.8. The minimum Gasteiger partial charge on any atom is -0.465 e. The predicted octanol–water partition coefficient (Wildman–Crippen LogP) is 4.44. The number of rotatable bonds is 7. The Kier molecular flexibility index (Phi) is 6.42. The van der Waals surface area contributed by atoms with Crippen LogP contribution in [0.2, 0.25) is 0 Å². The van der Waals surface area contributed by atoms with Gasteiger partial charge in [-0.15, -0.1) is 0 Å². The first-order valence-corrected chi connectivity index (χ1v) is 12.5. The summed E-state index contributed by atoms with van der Waals surface area (Å²) in [4.78, 5) is 30.7. The first kappa shape index (κ1) is 24.0. The van der Waals surface area contributed by atoms with Gasteiger partial charge in [0.25, 0.3) is 0 Å². The summed E-state index contributed by atoms with van der Waals surface area (Å²) in [5.74, 6) is -0.156. The molecule has 6 rings (SSSR count). The lowest BCUT2D eigenvalue weighted by atomic mass is 10.1. The van der Waals surface area contributed by atoms with E-state index in [1.165, 1.54) is 19.5 Å². The van der Waals surface area contributed by atoms with Gasteiger partial charge in [0, 0.05) is 25.3 Å². The van der Waals surface area contributed by atoms with Crippen LogP contribution >= 0.6 is 0 Å². The molecule has 1 atom stereocenters. The molecule has 0 saturated carbocycles. The molecule has 1 saturated heterocycles. The second-order valence-electron chi connectivity index (χ2n) is 9.03. The number of benzene rings is 2. The van der Waals surface area contributed by atoms with Crippen molar-refractivity contribution in [3.05, 3.63) is 72.3 Å². The molecule has 1 aliphatic rings. The fraction of sp³-hybridized carbons (Fsp3) is 0.296. The van der Waals surface area contributed by atoms with Crippen molar-refractivity contribution in [2.45, 2.75) is 31.9 Å². The zero-order chi connectivity index (χ0) is 26.1. The highest BCUT2D eigenvalue weighted by Gasteiger charge is 2.24. The lowest BCUT2D eigenvalue weighted by molar-refractivity contribution is -0.0298. The standard InChI is InChI=1S/C27H26FN7O3/c1-37-27(36)22-18(28)10-11-19-24(22)35(17-7-3-2-4-8-17)20(33-19)12-13-29-25-23-26(31-15-30-25)34(16-32-23)21-9-5-6-14-38-21/h2-4,7-8,10-11,15-16,21H,5-6,9,12-14H2,1H3,(H,29,30,31). The van der Waals surface area contributed by atoms with Crippen LogP contribution in [-0.4, -0.2) is 55.3 Å². The Balaban J connectivity index is 1.32. The van der Waals surface area contributed by atoms with Crippen LogP contribution in [0.1, 0.15) is 41.7 Å². The number of imidazole rings is 2. The molecule has 1 unspecified atom stereocenters. The Hall–Kier alpha value is -4.38. The second-order valence-corrected chi connectivity index (χ2v) is 9.03. The lowest BCUT2D eigenvalue weighted by Gasteiger charge is -2.23. The van der Waals surface area contributed by atoms with Crippen molar-refractivity contribution < 1.29 is 18.7 Å². The third-order valence-corrected chi connectivity index (χ3v) is 6.71. The van der Waals surface area contributed by atoms with E-state index in [0.29, 0.717) is 46.8 Å². The number of halogens is 1. The number of hydrogen-bond donors (Lipinski definition) is 1. The van der Waals surface area contributed by atoms with Crippen molar-refractivity contribution >= 4 is 34.0 Å². The van der Waals surface area contributed by atoms with Crippen molar-refractivity contribution in [3.8, 4) is 5.69 Å². The van der Waals surface area contributed by atoms with E-state index >= 15 is 0 Å². The minimum atomic E-state index is -0.754. The molecule has 38 heavy (non-hydrogen) atoms. The molecule has 1 aliphatic heterocycles. The van der Waals surface area contributed by atoms with Gasteiger partial charge in [0.1, 0.15) is 29.8 Å². The summed E-state index contributed by atoms with van der Waals surface area (Å²) < 4.78 is 29.4. The fourth-order valence-electron chi connectivity index (χ4n) is 4.94. The molecule has 0 aliphatic carbocycles. The van der Waals surface area contributed by atoms with Crippen LogP contribution in [0.5, 0.6) is 0 Å². The van der Waals surface area contributed by atoms with Gasteiger partial charge in [-0.25, -0.2) is 29.1 Å². The molecule has 0 spiro atoms. The van der Waals surface area contributed by atoms with Crippen molar-refractivity contribution in [1.29, 1.82) is 0 Å². The molecular formula is C27H26FN7O3. The van der Waals surface area contributed by atoms with E-state index in [1.807, 2.05) is 34.9 Å². The van der Waals surface area contributed by atoms with Gasteiger partial charge in [0.15, 0.2) is 17.0 Å². The molecule has 0 radical (unpaired) electrons. The topological polar surface area (TPSA) is 109 Å². The van der Waals surface area contributed by atoms with Crippen LogP contribution in [0.3, 0.4) is 0 Å². The van der Waals surface area contributed by atoms with E-state index in [4.69, 9.17) is 14.5 Å². The SMILES string of the molecule is COC(=O)c1c(F)ccc2nc(CCNc3ncnc4c3ncn4C3CCCCO3)n(-c3ccccc3)c12. The number of aromatic nitrogens is 6. The second kappa shape index (κ2) is 10.2. The number of ether oxygens (including phenoxy) is 2. The maximum absolute atomic E-state index is 14.8. The number of nitrogens with zero attached hydrogens (tertiary/aromatic N) is 6. The van der Waals surface area contributed by atoms with E-state index < -0.39 is 11.8 Å². The lowest BCUT2D eigenvalue weighted by Crippen LogP contribution is -2.17. The maximum atomic E-state index is 14.8. The quantitative estimate of drug-likeness (QED) is 0.317. The summed E-state index contributed by atoms with van der Waals surface area (Å²) in [5, 5.41) is 3.35. The zero-order valence-corrected chi connectivity index (χ0v) is 20.8. The molecule has 5 aromatic rings. The average Bonchev–Trinajstić information content (AvgIpc) is 3.56. The molecule has 3 aromatic heterocycles. The molecule has 1 fully saturated rings. The number of nitrogens with one attached hydrogen (secondary N) is 1. The van der Waals surface area contributed by atoms with Crippen molar-refractivity contribution in [2.75, 3.05) is 25.6 Å². The van der Waals surface area contributed by atoms with Crippen LogP contribution in [0, 0.1) is 5.82 Å². The average molecular weight is 516 g/mol. The number of carbonyl (C=O) groups excluding carboxylic acids is 1. The Morgan fingerprint density at radius 1 is 1.16 bits per heavy atom. The first-order chi connectivity index (χ1) is 18.7. The smallest absolute Gasteiger partial charge is 0.343 e. The molecule has 4 heterocycles. The largest absolute Gasteiger partial charge is 0.465 e. The fourth-order valence-corrected chi connectivity index (χ4v) is 4.94. The van der Waals surface area contributed by atoms with E-state index in [0.717, 1.165) is 31.6 Å². The van der Waals surface area contributed by atoms with E-state index in [1.54, 1.807) is 17.0 Å². The molecule has 194 valence electrons. The number of carbonyl (C=O) groups is 1. The minimum absolute atomic E-state index is 0.0771. The summed E-state index contributed by atoms with van der Waals surface area (Å²) in [5.41, 5.74) is 2.86. The molecule has 10 nitrogen and oxygen atoms in total. The summed E-state index contributed by atoms with van der Waals surface area (Å²) in [7, 11) is 1.23. The number of anilines is 1. The van der Waals surface area contributed by atoms with Gasteiger partial charge in [-0.05, 0) is 43.5 Å². The Bertz CT molecular complexity index is 1610. The highest BCUT2D eigenvalue weighted by atomic mass is 19.1. The molecule has 11 heteroatoms. The molecular weight excluding hydrogens is 489 g/mol. The van der Waals surface area contributed by atoms with Gasteiger partial charge < -0.3 is 14.8 Å². The summed E-state index contributed by atoms with van der Waals surface area (Å²) >= 11 is 0. The van der Waals surface area contributed by atoms with E-state index in [-0.39, 0.29) is 11.8 Å². The third kappa shape index (κ3) is 4.24. The van der Waals surface area contributed by atoms with Crippen LogP contribution in [0.15, 0.2) is 55.1 Å². The first-order valence-electron chi connectivity index (χ1n) is 12.5. The number of methoxy groups -OCH3 is 1. The summed E-state index contributed by atoms with van der Waals surface area (Å²) in [6, 6.07) is 12.2. The van der Waals surface area contributed by atoms with E-state index in [2.05, 4.69) is 20.3 Å². The number of fused-ring (bicyclic) bond motifs is 2. The molecule has 1 N–H and O–H groups in total. The van der Waals surface area contributed by atoms with Gasteiger partial charge >= 0.3 is 5.97 Å². The molecule has 0 amide bonds. The van der Waals surface area contributed by atoms with Crippen molar-refractivity contribution in [1.82, 2.24) is 29.1 Å². The normalized spacial score (nSPS) is 15.7. The highest BCUT2D eigenvalue weighted by Crippen LogP contribution is 2.29. The number of hydrogen-bond acceptors (Lipinski definition) is 8. The van der Waals surface area contributed by atoms with Crippen LogP contribution in [-0.2, 0) is 15.9 Å². The van der Waals surface area contributed by atoms with Crippen LogP contribution in [0.25, 0.3) is 27.9 Å². The van der Waals surface area contributed by atoms with Gasteiger partial charge in [-0.1, -0.05) is 18.2 Å². The third-order valence-electron chi connectivity index (χ3n) is 6.71. The maximum Gasteiger partial charge on any atom is 0.343 e. The summed E-state index contributed by atoms with van der Waals surface area (Å²) in [6.45, 7) is 1.19. The van der Waals surface area contributed by atoms with E-state index in [9.17, 15) is 9.18 Å². The van der Waals surface area contributed by atoms with Crippen molar-refractivity contribution in [2.24, 2.45) is 0 Å². The number of esters is 1. The van der Waals surface area contributed by atoms with Gasteiger partial charge in [0.2, 0.25) is 0 Å². The molecule has 2 aromatic carbocycles. The van der Waals surface area contributed by atoms with Gasteiger partial charge in [-0.2, -0.15) is 0 Å². The van der Waals surface area contributed by atoms with Crippen LogP contribution in [0.4, 0.5) is 10.2 Å². The van der Waals surface area contributed by atoms with Crippen LogP contribution < -0.4 is 5.32 Å². The van der Waals surface area contributed by atoms with Crippen molar-refractivity contribution in [3.63, 3.8) is 0 Å². The predicted molar refractivity (Wildman–Crippen MR) is 139 cm³/mol. The monoisotopic (exact) mass is 515 g/mol. The Labute approximate surface area is 217 Å². The summed E-state index contributed by atoms with van der Waals surface area (Å²) in [6.07, 6.45) is 6.73. The van der Waals surface area contributed by atoms with Gasteiger partial charge in [0.05, 0.1) is 24.5 Å². The Morgan fingerprint density at radius 3 is 2.82 bits per heavy atom.